The van der Waals surface area contributed by atoms with Gasteiger partial charge in [0, 0.05) is 25.8 Å². The second-order valence-corrected chi connectivity index (χ2v) is 8.82. The molecule has 0 bridgehead atoms. The molecule has 1 fully saturated rings. The molecule has 11 heteroatoms. The van der Waals surface area contributed by atoms with Gasteiger partial charge in [0.2, 0.25) is 15.9 Å². The molecule has 7 nitrogen and oxygen atoms in total. The number of sulfonamides is 1. The van der Waals surface area contributed by atoms with Crippen molar-refractivity contribution in [2.45, 2.75) is 37.0 Å². The number of benzene rings is 1. The number of aromatic nitrogens is 1. The van der Waals surface area contributed by atoms with Crippen LogP contribution in [0.4, 0.5) is 13.2 Å². The van der Waals surface area contributed by atoms with E-state index in [1.807, 2.05) is 0 Å². The van der Waals surface area contributed by atoms with Crippen molar-refractivity contribution in [2.24, 2.45) is 0 Å². The molecule has 1 saturated heterocycles. The van der Waals surface area contributed by atoms with E-state index >= 15 is 0 Å². The van der Waals surface area contributed by atoms with Gasteiger partial charge in [-0.2, -0.15) is 17.5 Å². The maximum Gasteiger partial charge on any atom is 0.421 e. The highest BCUT2D eigenvalue weighted by Crippen LogP contribution is 2.26. The number of hydrogen-bond donors (Lipinski definition) is 1. The Labute approximate surface area is 171 Å². The lowest BCUT2D eigenvalue weighted by Gasteiger charge is -2.15. The van der Waals surface area contributed by atoms with E-state index < -0.39 is 39.8 Å². The summed E-state index contributed by atoms with van der Waals surface area (Å²) in [6.45, 7) is 0.463. The fraction of sp³-hybridized carbons (Fsp3) is 0.368. The molecule has 162 valence electrons. The van der Waals surface area contributed by atoms with E-state index in [1.165, 1.54) is 16.4 Å². The third-order valence-corrected chi connectivity index (χ3v) is 6.67. The summed E-state index contributed by atoms with van der Waals surface area (Å²) in [6, 6.07) is 7.73. The zero-order valence-electron chi connectivity index (χ0n) is 15.9. The summed E-state index contributed by atoms with van der Waals surface area (Å²) in [6.07, 6.45) is -2.03. The van der Waals surface area contributed by atoms with Gasteiger partial charge in [-0.05, 0) is 42.7 Å². The number of carbonyl (C=O) groups excluding carboxylic acids is 1. The SMILES string of the molecule is O=C(Cn1cccc(C(F)(F)F)c1=O)NCc1ccc(S(=O)(=O)N2CCCC2)cc1. The minimum Gasteiger partial charge on any atom is -0.350 e. The van der Waals surface area contributed by atoms with E-state index in [4.69, 9.17) is 0 Å². The number of alkyl halides is 3. The Kier molecular flexibility index (Phi) is 6.32. The molecular formula is C19H20F3N3O4S. The van der Waals surface area contributed by atoms with Crippen molar-refractivity contribution in [1.82, 2.24) is 14.2 Å². The lowest BCUT2D eigenvalue weighted by Crippen LogP contribution is -2.34. The van der Waals surface area contributed by atoms with E-state index in [0.29, 0.717) is 29.3 Å². The molecule has 3 rings (SSSR count). The fourth-order valence-electron chi connectivity index (χ4n) is 3.15. The van der Waals surface area contributed by atoms with E-state index in [0.717, 1.165) is 25.1 Å². The van der Waals surface area contributed by atoms with Gasteiger partial charge >= 0.3 is 6.18 Å². The largest absolute Gasteiger partial charge is 0.421 e. The molecule has 1 aromatic heterocycles. The summed E-state index contributed by atoms with van der Waals surface area (Å²) in [5.41, 5.74) is -2.02. The Morgan fingerprint density at radius 1 is 1.07 bits per heavy atom. The fourth-order valence-corrected chi connectivity index (χ4v) is 4.66. The van der Waals surface area contributed by atoms with Crippen molar-refractivity contribution in [1.29, 1.82) is 0 Å². The molecule has 0 unspecified atom stereocenters. The first kappa shape index (κ1) is 22.0. The van der Waals surface area contributed by atoms with Gasteiger partial charge in [-0.25, -0.2) is 8.42 Å². The van der Waals surface area contributed by atoms with Crippen LogP contribution in [-0.4, -0.2) is 36.3 Å². The number of pyridine rings is 1. The summed E-state index contributed by atoms with van der Waals surface area (Å²) in [7, 11) is -3.53. The Hall–Kier alpha value is -2.66. The van der Waals surface area contributed by atoms with Crippen LogP contribution in [0.25, 0.3) is 0 Å². The standard InChI is InChI=1S/C19H20F3N3O4S/c20-19(21,22)16-4-3-9-24(18(16)27)13-17(26)23-12-14-5-7-15(8-6-14)30(28,29)25-10-1-2-11-25/h3-9H,1-2,10-13H2,(H,23,26). The Morgan fingerprint density at radius 2 is 1.70 bits per heavy atom. The third-order valence-electron chi connectivity index (χ3n) is 4.76. The molecule has 0 saturated carbocycles. The number of rotatable bonds is 6. The van der Waals surface area contributed by atoms with Crippen LogP contribution in [0.15, 0.2) is 52.3 Å². The van der Waals surface area contributed by atoms with Crippen molar-refractivity contribution in [3.8, 4) is 0 Å². The molecule has 2 heterocycles. The van der Waals surface area contributed by atoms with Crippen LogP contribution in [0.1, 0.15) is 24.0 Å². The van der Waals surface area contributed by atoms with Gasteiger partial charge in [0.05, 0.1) is 4.90 Å². The zero-order valence-corrected chi connectivity index (χ0v) is 16.7. The van der Waals surface area contributed by atoms with Crippen LogP contribution in [0.5, 0.6) is 0 Å². The number of halogens is 3. The van der Waals surface area contributed by atoms with Gasteiger partial charge in [0.25, 0.3) is 5.56 Å². The van der Waals surface area contributed by atoms with Crippen LogP contribution in [0.3, 0.4) is 0 Å². The number of nitrogens with zero attached hydrogens (tertiary/aromatic N) is 2. The Balaban J connectivity index is 1.61. The van der Waals surface area contributed by atoms with Gasteiger partial charge < -0.3 is 9.88 Å². The predicted octanol–water partition coefficient (Wildman–Crippen LogP) is 1.97. The van der Waals surface area contributed by atoms with E-state index in [-0.39, 0.29) is 11.4 Å². The summed E-state index contributed by atoms with van der Waals surface area (Å²) < 4.78 is 65.5. The maximum absolute atomic E-state index is 12.8. The first-order valence-corrected chi connectivity index (χ1v) is 10.7. The van der Waals surface area contributed by atoms with Crippen LogP contribution in [0, 0.1) is 0 Å². The van der Waals surface area contributed by atoms with Gasteiger partial charge in [-0.15, -0.1) is 0 Å². The molecule has 1 aliphatic rings. The Morgan fingerprint density at radius 3 is 2.30 bits per heavy atom. The quantitative estimate of drug-likeness (QED) is 0.740. The molecule has 0 atom stereocenters. The van der Waals surface area contributed by atoms with Gasteiger partial charge in [-0.1, -0.05) is 12.1 Å². The molecular weight excluding hydrogens is 423 g/mol. The first-order valence-electron chi connectivity index (χ1n) is 9.21. The van der Waals surface area contributed by atoms with E-state index in [9.17, 15) is 31.2 Å². The van der Waals surface area contributed by atoms with Crippen LogP contribution in [-0.2, 0) is 34.1 Å². The van der Waals surface area contributed by atoms with Crippen molar-refractivity contribution in [3.63, 3.8) is 0 Å². The minimum absolute atomic E-state index is 0.0383. The highest BCUT2D eigenvalue weighted by Gasteiger charge is 2.34. The monoisotopic (exact) mass is 443 g/mol. The Bertz CT molecular complexity index is 1070. The molecule has 1 amide bonds. The number of carbonyl (C=O) groups is 1. The lowest BCUT2D eigenvalue weighted by atomic mass is 10.2. The molecule has 0 aliphatic carbocycles. The summed E-state index contributed by atoms with van der Waals surface area (Å²) in [4.78, 5) is 24.1. The average Bonchev–Trinajstić information content (AvgIpc) is 3.23. The molecule has 30 heavy (non-hydrogen) atoms. The summed E-state index contributed by atoms with van der Waals surface area (Å²) in [5.74, 6) is -0.648. The lowest BCUT2D eigenvalue weighted by molar-refractivity contribution is -0.139. The summed E-state index contributed by atoms with van der Waals surface area (Å²) >= 11 is 0. The molecule has 1 aromatic carbocycles. The normalized spacial score (nSPS) is 15.3. The first-order chi connectivity index (χ1) is 14.1. The highest BCUT2D eigenvalue weighted by atomic mass is 32.2. The summed E-state index contributed by atoms with van der Waals surface area (Å²) in [5, 5.41) is 2.51. The van der Waals surface area contributed by atoms with Crippen molar-refractivity contribution < 1.29 is 26.4 Å². The van der Waals surface area contributed by atoms with Crippen LogP contribution in [0.2, 0.25) is 0 Å². The molecule has 0 radical (unpaired) electrons. The van der Waals surface area contributed by atoms with Crippen LogP contribution < -0.4 is 10.9 Å². The molecule has 1 N–H and O–H groups in total. The third kappa shape index (κ3) is 4.90. The highest BCUT2D eigenvalue weighted by molar-refractivity contribution is 7.89. The number of amides is 1. The van der Waals surface area contributed by atoms with Crippen molar-refractivity contribution >= 4 is 15.9 Å². The average molecular weight is 443 g/mol. The van der Waals surface area contributed by atoms with Gasteiger partial charge in [-0.3, -0.25) is 9.59 Å². The predicted molar refractivity (Wildman–Crippen MR) is 102 cm³/mol. The second-order valence-electron chi connectivity index (χ2n) is 6.88. The number of nitrogens with one attached hydrogen (secondary N) is 1. The van der Waals surface area contributed by atoms with Gasteiger partial charge in [0.1, 0.15) is 12.1 Å². The van der Waals surface area contributed by atoms with E-state index in [1.54, 1.807) is 12.1 Å². The van der Waals surface area contributed by atoms with E-state index in [2.05, 4.69) is 5.32 Å². The van der Waals surface area contributed by atoms with Crippen molar-refractivity contribution in [2.75, 3.05) is 13.1 Å². The topological polar surface area (TPSA) is 88.5 Å². The van der Waals surface area contributed by atoms with Crippen molar-refractivity contribution in [3.05, 3.63) is 64.1 Å². The minimum atomic E-state index is -4.80. The molecule has 1 aliphatic heterocycles. The van der Waals surface area contributed by atoms with Gasteiger partial charge in [0.15, 0.2) is 0 Å². The zero-order chi connectivity index (χ0) is 21.9. The molecule has 2 aromatic rings. The smallest absolute Gasteiger partial charge is 0.350 e. The molecule has 0 spiro atoms. The van der Waals surface area contributed by atoms with Crippen LogP contribution >= 0.6 is 0 Å². The number of hydrogen-bond acceptors (Lipinski definition) is 4. The second kappa shape index (κ2) is 8.60. The maximum atomic E-state index is 12.8.